The molecule has 1 atom stereocenters. The predicted octanol–water partition coefficient (Wildman–Crippen LogP) is 5.09. The third-order valence-electron chi connectivity index (χ3n) is 5.29. The monoisotopic (exact) mass is 440 g/mol. The average Bonchev–Trinajstić information content (AvgIpc) is 2.98. The van der Waals surface area contributed by atoms with E-state index in [1.165, 1.54) is 13.1 Å². The van der Waals surface area contributed by atoms with Crippen molar-refractivity contribution in [3.05, 3.63) is 98.8 Å². The van der Waals surface area contributed by atoms with E-state index in [0.29, 0.717) is 32.4 Å². The molecule has 3 aromatic rings. The number of ketones is 1. The Bertz CT molecular complexity index is 1130. The first-order chi connectivity index (χ1) is 14.4. The fourth-order valence-electron chi connectivity index (χ4n) is 3.84. The van der Waals surface area contributed by atoms with Crippen LogP contribution >= 0.6 is 23.2 Å². The lowest BCUT2D eigenvalue weighted by atomic mass is 9.92. The molecule has 2 aromatic carbocycles. The molecule has 0 spiro atoms. The van der Waals surface area contributed by atoms with Crippen LogP contribution in [-0.4, -0.2) is 28.7 Å². The number of benzene rings is 2. The molecule has 152 valence electrons. The molecule has 1 aliphatic rings. The molecule has 0 radical (unpaired) electrons. The third-order valence-corrected chi connectivity index (χ3v) is 5.76. The van der Waals surface area contributed by atoms with Crippen LogP contribution in [0.5, 0.6) is 0 Å². The zero-order chi connectivity index (χ0) is 21.5. The maximum Gasteiger partial charge on any atom is 0.257 e. The van der Waals surface area contributed by atoms with Gasteiger partial charge in [-0.05, 0) is 37.3 Å². The molecule has 30 heavy (non-hydrogen) atoms. The van der Waals surface area contributed by atoms with E-state index in [4.69, 9.17) is 27.9 Å². The Balaban J connectivity index is 1.91. The second-order valence-electron chi connectivity index (χ2n) is 7.03. The van der Waals surface area contributed by atoms with Crippen molar-refractivity contribution >= 4 is 34.9 Å². The molecule has 2 heterocycles. The number of hydrogen-bond acceptors (Lipinski definition) is 4. The van der Waals surface area contributed by atoms with E-state index in [1.807, 2.05) is 12.1 Å². The van der Waals surface area contributed by atoms with Crippen molar-refractivity contribution in [2.45, 2.75) is 19.2 Å². The highest BCUT2D eigenvalue weighted by Gasteiger charge is 2.51. The molecule has 5 nitrogen and oxygen atoms in total. The summed E-state index contributed by atoms with van der Waals surface area (Å²) in [6.07, 6.45) is 1.54. The molecule has 0 saturated carbocycles. The number of carbonyl (C=O) groups is 2. The summed E-state index contributed by atoms with van der Waals surface area (Å²) in [5.74, 6) is -0.362. The van der Waals surface area contributed by atoms with Gasteiger partial charge >= 0.3 is 0 Å². The Morgan fingerprint density at radius 2 is 1.77 bits per heavy atom. The first-order valence-corrected chi connectivity index (χ1v) is 10.0. The van der Waals surface area contributed by atoms with Gasteiger partial charge in [-0.15, -0.1) is 0 Å². The highest BCUT2D eigenvalue weighted by atomic mass is 35.5. The standard InChI is InChI=1S/C23H18Cl2N2O3/c1-14(28)15-3-10-21-20(11-15)22(29)27(13-19-9-8-18(25)12-26-19)23(21,30-2)16-4-6-17(24)7-5-16/h3-12H,13H2,1-2H3/t23-/m1/s1. The largest absolute Gasteiger partial charge is 0.350 e. The summed E-state index contributed by atoms with van der Waals surface area (Å²) in [6.45, 7) is 1.66. The van der Waals surface area contributed by atoms with Gasteiger partial charge in [0.2, 0.25) is 0 Å². The summed E-state index contributed by atoms with van der Waals surface area (Å²) in [5.41, 5.74) is 1.77. The number of halogens is 2. The predicted molar refractivity (Wildman–Crippen MR) is 115 cm³/mol. The number of ether oxygens (including phenoxy) is 1. The Morgan fingerprint density at radius 3 is 2.37 bits per heavy atom. The van der Waals surface area contributed by atoms with Gasteiger partial charge in [0.1, 0.15) is 0 Å². The van der Waals surface area contributed by atoms with Crippen LogP contribution in [0.3, 0.4) is 0 Å². The third kappa shape index (κ3) is 3.29. The lowest BCUT2D eigenvalue weighted by molar-refractivity contribution is -0.0868. The van der Waals surface area contributed by atoms with Crippen molar-refractivity contribution in [3.8, 4) is 0 Å². The number of fused-ring (bicyclic) bond motifs is 1. The molecule has 0 bridgehead atoms. The minimum Gasteiger partial charge on any atom is -0.350 e. The lowest BCUT2D eigenvalue weighted by Gasteiger charge is -2.38. The molecule has 1 amide bonds. The fraction of sp³-hybridized carbons (Fsp3) is 0.174. The Morgan fingerprint density at radius 1 is 1.07 bits per heavy atom. The minimum absolute atomic E-state index is 0.113. The minimum atomic E-state index is -1.19. The molecular formula is C23H18Cl2N2O3. The average molecular weight is 441 g/mol. The van der Waals surface area contributed by atoms with Crippen LogP contribution in [0.4, 0.5) is 0 Å². The Hall–Kier alpha value is -2.73. The van der Waals surface area contributed by atoms with Crippen LogP contribution in [0.15, 0.2) is 60.8 Å². The summed E-state index contributed by atoms with van der Waals surface area (Å²) in [4.78, 5) is 31.4. The van der Waals surface area contributed by atoms with Gasteiger partial charge in [-0.2, -0.15) is 0 Å². The van der Waals surface area contributed by atoms with Gasteiger partial charge in [0, 0.05) is 40.6 Å². The molecule has 0 aliphatic carbocycles. The van der Waals surface area contributed by atoms with Gasteiger partial charge in [0.05, 0.1) is 17.3 Å². The van der Waals surface area contributed by atoms with E-state index >= 15 is 0 Å². The quantitative estimate of drug-likeness (QED) is 0.518. The Kier molecular flexibility index (Phi) is 5.36. The number of methoxy groups -OCH3 is 1. The molecule has 0 N–H and O–H groups in total. The number of nitrogens with zero attached hydrogens (tertiary/aromatic N) is 2. The summed E-state index contributed by atoms with van der Waals surface area (Å²) < 4.78 is 6.05. The first-order valence-electron chi connectivity index (χ1n) is 9.26. The van der Waals surface area contributed by atoms with Crippen LogP contribution in [0.25, 0.3) is 0 Å². The first kappa shape index (κ1) is 20.5. The van der Waals surface area contributed by atoms with Crippen molar-refractivity contribution in [1.82, 2.24) is 9.88 Å². The molecule has 1 aliphatic heterocycles. The number of rotatable bonds is 5. The molecule has 0 saturated heterocycles. The maximum atomic E-state index is 13.5. The zero-order valence-corrected chi connectivity index (χ0v) is 17.9. The van der Waals surface area contributed by atoms with E-state index in [9.17, 15) is 9.59 Å². The van der Waals surface area contributed by atoms with Gasteiger partial charge in [-0.1, -0.05) is 47.5 Å². The van der Waals surface area contributed by atoms with Crippen LogP contribution in [0, 0.1) is 0 Å². The van der Waals surface area contributed by atoms with E-state index in [2.05, 4.69) is 4.98 Å². The van der Waals surface area contributed by atoms with Crippen LogP contribution < -0.4 is 0 Å². The van der Waals surface area contributed by atoms with Crippen LogP contribution in [0.1, 0.15) is 44.5 Å². The normalized spacial score (nSPS) is 17.9. The number of Topliss-reactive ketones (excluding diaryl/α,β-unsaturated/α-hetero) is 1. The van der Waals surface area contributed by atoms with Gasteiger partial charge in [-0.3, -0.25) is 19.5 Å². The molecule has 0 unspecified atom stereocenters. The second-order valence-corrected chi connectivity index (χ2v) is 7.90. The number of amides is 1. The topological polar surface area (TPSA) is 59.5 Å². The summed E-state index contributed by atoms with van der Waals surface area (Å²) in [6, 6.07) is 15.8. The summed E-state index contributed by atoms with van der Waals surface area (Å²) in [7, 11) is 1.55. The van der Waals surface area contributed by atoms with E-state index in [-0.39, 0.29) is 18.2 Å². The Labute approximate surface area is 184 Å². The van der Waals surface area contributed by atoms with Gasteiger partial charge in [-0.25, -0.2) is 0 Å². The maximum absolute atomic E-state index is 13.5. The van der Waals surface area contributed by atoms with Crippen LogP contribution in [-0.2, 0) is 17.0 Å². The van der Waals surface area contributed by atoms with Crippen molar-refractivity contribution in [2.24, 2.45) is 0 Å². The van der Waals surface area contributed by atoms with Crippen molar-refractivity contribution in [3.63, 3.8) is 0 Å². The highest BCUT2D eigenvalue weighted by Crippen LogP contribution is 2.46. The van der Waals surface area contributed by atoms with Gasteiger partial charge in [0.25, 0.3) is 5.91 Å². The molecule has 1 aromatic heterocycles. The van der Waals surface area contributed by atoms with Crippen LogP contribution in [0.2, 0.25) is 10.0 Å². The second kappa shape index (κ2) is 7.84. The highest BCUT2D eigenvalue weighted by molar-refractivity contribution is 6.30. The fourth-order valence-corrected chi connectivity index (χ4v) is 4.08. The molecule has 7 heteroatoms. The van der Waals surface area contributed by atoms with Gasteiger partial charge < -0.3 is 4.74 Å². The number of hydrogen-bond donors (Lipinski definition) is 0. The van der Waals surface area contributed by atoms with E-state index in [1.54, 1.807) is 54.5 Å². The molecule has 0 fully saturated rings. The number of carbonyl (C=O) groups excluding carboxylic acids is 2. The van der Waals surface area contributed by atoms with Crippen molar-refractivity contribution in [1.29, 1.82) is 0 Å². The SMILES string of the molecule is CO[C@]1(c2ccc(Cl)cc2)c2ccc(C(C)=O)cc2C(=O)N1Cc1ccc(Cl)cn1. The van der Waals surface area contributed by atoms with Gasteiger partial charge in [0.15, 0.2) is 11.5 Å². The zero-order valence-electron chi connectivity index (χ0n) is 16.4. The molecular weight excluding hydrogens is 423 g/mol. The van der Waals surface area contributed by atoms with Crippen molar-refractivity contribution in [2.75, 3.05) is 7.11 Å². The van der Waals surface area contributed by atoms with E-state index < -0.39 is 5.72 Å². The lowest BCUT2D eigenvalue weighted by Crippen LogP contribution is -2.45. The summed E-state index contributed by atoms with van der Waals surface area (Å²) in [5, 5.41) is 1.09. The van der Waals surface area contributed by atoms with Crippen molar-refractivity contribution < 1.29 is 14.3 Å². The number of aromatic nitrogens is 1. The van der Waals surface area contributed by atoms with E-state index in [0.717, 1.165) is 5.56 Å². The number of pyridine rings is 1. The summed E-state index contributed by atoms with van der Waals surface area (Å²) >= 11 is 12.0. The molecule has 4 rings (SSSR count). The smallest absolute Gasteiger partial charge is 0.257 e.